The molecule has 1 aliphatic rings. The average molecular weight is 544 g/mol. The van der Waals surface area contributed by atoms with Crippen LogP contribution in [-0.2, 0) is 13.0 Å². The molecule has 2 aromatic rings. The minimum absolute atomic E-state index is 0. The predicted octanol–water partition coefficient (Wildman–Crippen LogP) is 2.98. The van der Waals surface area contributed by atoms with Gasteiger partial charge in [0.2, 0.25) is 0 Å². The molecule has 30 heavy (non-hydrogen) atoms. The van der Waals surface area contributed by atoms with Crippen molar-refractivity contribution >= 4 is 47.4 Å². The van der Waals surface area contributed by atoms with E-state index in [1.165, 1.54) is 5.69 Å². The number of aryl methyl sites for hydroxylation is 1. The van der Waals surface area contributed by atoms with Gasteiger partial charge in [-0.05, 0) is 30.6 Å². The maximum atomic E-state index is 4.90. The number of guanidine groups is 1. The van der Waals surface area contributed by atoms with Crippen LogP contribution < -0.4 is 10.2 Å². The first kappa shape index (κ1) is 24.8. The van der Waals surface area contributed by atoms with Gasteiger partial charge in [0.1, 0.15) is 12.2 Å². The van der Waals surface area contributed by atoms with Crippen LogP contribution in [0.25, 0.3) is 0 Å². The highest BCUT2D eigenvalue weighted by Crippen LogP contribution is 2.15. The first-order valence-electron chi connectivity index (χ1n) is 10.5. The molecule has 1 N–H and O–H groups in total. The fourth-order valence-corrected chi connectivity index (χ4v) is 3.92. The van der Waals surface area contributed by atoms with E-state index in [1.54, 1.807) is 0 Å². The quantitative estimate of drug-likeness (QED) is 0.227. The summed E-state index contributed by atoms with van der Waals surface area (Å²) >= 11 is 1.88. The number of halogens is 1. The molecule has 9 heteroatoms. The van der Waals surface area contributed by atoms with Crippen LogP contribution in [0.4, 0.5) is 5.69 Å². The van der Waals surface area contributed by atoms with Crippen molar-refractivity contribution in [1.29, 1.82) is 0 Å². The second-order valence-corrected chi connectivity index (χ2v) is 8.07. The second-order valence-electron chi connectivity index (χ2n) is 7.08. The Labute approximate surface area is 201 Å². The number of aliphatic imine (C=N–C) groups is 1. The fraction of sp³-hybridized carbons (Fsp3) is 0.571. The summed E-state index contributed by atoms with van der Waals surface area (Å²) in [6, 6.07) is 10.7. The van der Waals surface area contributed by atoms with E-state index in [2.05, 4.69) is 73.4 Å². The molecule has 0 unspecified atom stereocenters. The number of piperazine rings is 1. The van der Waals surface area contributed by atoms with Crippen LogP contribution in [0, 0.1) is 0 Å². The maximum Gasteiger partial charge on any atom is 0.194 e. The van der Waals surface area contributed by atoms with E-state index < -0.39 is 0 Å². The summed E-state index contributed by atoms with van der Waals surface area (Å²) in [6.45, 7) is 8.65. The monoisotopic (exact) mass is 543 g/mol. The highest BCUT2D eigenvalue weighted by Gasteiger charge is 2.20. The van der Waals surface area contributed by atoms with E-state index in [0.717, 1.165) is 76.2 Å². The van der Waals surface area contributed by atoms with E-state index >= 15 is 0 Å². The van der Waals surface area contributed by atoms with Gasteiger partial charge in [0.25, 0.3) is 0 Å². The van der Waals surface area contributed by atoms with Crippen LogP contribution in [0.2, 0.25) is 0 Å². The summed E-state index contributed by atoms with van der Waals surface area (Å²) in [5.41, 5.74) is 1.30. The molecule has 3 rings (SSSR count). The molecule has 0 amide bonds. The molecule has 1 aromatic heterocycles. The van der Waals surface area contributed by atoms with Crippen molar-refractivity contribution in [2.75, 3.05) is 56.2 Å². The van der Waals surface area contributed by atoms with Gasteiger partial charge < -0.3 is 19.7 Å². The molecule has 0 saturated carbocycles. The molecule has 0 bridgehead atoms. The minimum atomic E-state index is 0. The molecule has 7 nitrogen and oxygen atoms in total. The lowest BCUT2D eigenvalue weighted by Gasteiger charge is -2.37. The molecule has 0 aliphatic carbocycles. The van der Waals surface area contributed by atoms with Crippen LogP contribution in [0.1, 0.15) is 19.2 Å². The number of nitrogens with zero attached hydrogens (tertiary/aromatic N) is 6. The lowest BCUT2D eigenvalue weighted by atomic mass is 10.2. The molecule has 0 radical (unpaired) electrons. The minimum Gasteiger partial charge on any atom is -0.368 e. The van der Waals surface area contributed by atoms with Crippen molar-refractivity contribution in [1.82, 2.24) is 25.0 Å². The number of thioether (sulfide) groups is 1. The van der Waals surface area contributed by atoms with Crippen molar-refractivity contribution in [3.8, 4) is 0 Å². The molecule has 166 valence electrons. The second kappa shape index (κ2) is 13.7. The maximum absolute atomic E-state index is 4.90. The summed E-state index contributed by atoms with van der Waals surface area (Å²) in [6.07, 6.45) is 5.98. The van der Waals surface area contributed by atoms with Crippen LogP contribution in [0.3, 0.4) is 0 Å². The Balaban J connectivity index is 0.00000320. The van der Waals surface area contributed by atoms with Crippen molar-refractivity contribution < 1.29 is 0 Å². The summed E-state index contributed by atoms with van der Waals surface area (Å²) in [4.78, 5) is 9.75. The number of aromatic nitrogens is 3. The number of benzene rings is 1. The first-order valence-corrected chi connectivity index (χ1v) is 11.9. The Kier molecular flexibility index (Phi) is 11.3. The standard InChI is InChI=1S/C21H33N7S.HI/c1-3-20-25-24-18-28(20)12-11-23-21(22-10-7-17-29-2)27-15-13-26(14-16-27)19-8-5-4-6-9-19;/h4-6,8-9,18H,3,7,10-17H2,1-2H3,(H,22,23);1H. The Bertz CT molecular complexity index is 745. The molecule has 2 heterocycles. The Hall–Kier alpha value is -1.49. The molecule has 1 aliphatic heterocycles. The van der Waals surface area contributed by atoms with Gasteiger partial charge in [-0.3, -0.25) is 4.99 Å². The van der Waals surface area contributed by atoms with Gasteiger partial charge >= 0.3 is 0 Å². The number of para-hydroxylation sites is 1. The van der Waals surface area contributed by atoms with Crippen LogP contribution in [0.15, 0.2) is 41.7 Å². The number of hydrogen-bond donors (Lipinski definition) is 1. The van der Waals surface area contributed by atoms with Gasteiger partial charge in [-0.2, -0.15) is 11.8 Å². The van der Waals surface area contributed by atoms with Gasteiger partial charge in [-0.25, -0.2) is 0 Å². The average Bonchev–Trinajstić information content (AvgIpc) is 3.24. The van der Waals surface area contributed by atoms with E-state index in [0.29, 0.717) is 0 Å². The Morgan fingerprint density at radius 2 is 1.93 bits per heavy atom. The zero-order valence-electron chi connectivity index (χ0n) is 18.0. The van der Waals surface area contributed by atoms with Crippen LogP contribution in [0.5, 0.6) is 0 Å². The Morgan fingerprint density at radius 1 is 1.17 bits per heavy atom. The Morgan fingerprint density at radius 3 is 2.63 bits per heavy atom. The van der Waals surface area contributed by atoms with Gasteiger partial charge in [0.15, 0.2) is 5.96 Å². The molecule has 1 aromatic carbocycles. The van der Waals surface area contributed by atoms with Crippen molar-refractivity contribution in [2.24, 2.45) is 4.99 Å². The van der Waals surface area contributed by atoms with Gasteiger partial charge in [-0.1, -0.05) is 25.1 Å². The fourth-order valence-electron chi connectivity index (χ4n) is 3.50. The molecular formula is C21H34IN7S. The SMILES string of the molecule is CCc1nncn1CCNC(=NCCCSC)N1CCN(c2ccccc2)CC1.I. The van der Waals surface area contributed by atoms with E-state index in [4.69, 9.17) is 4.99 Å². The van der Waals surface area contributed by atoms with Crippen molar-refractivity contribution in [2.45, 2.75) is 26.3 Å². The summed E-state index contributed by atoms with van der Waals surface area (Å²) in [5, 5.41) is 11.8. The molecule has 0 atom stereocenters. The normalized spacial score (nSPS) is 14.5. The molecule has 0 spiro atoms. The molecule has 1 saturated heterocycles. The largest absolute Gasteiger partial charge is 0.368 e. The predicted molar refractivity (Wildman–Crippen MR) is 138 cm³/mol. The lowest BCUT2D eigenvalue weighted by Crippen LogP contribution is -2.53. The summed E-state index contributed by atoms with van der Waals surface area (Å²) in [5.74, 6) is 3.21. The van der Waals surface area contributed by atoms with Crippen molar-refractivity contribution in [3.63, 3.8) is 0 Å². The van der Waals surface area contributed by atoms with Crippen LogP contribution in [-0.4, -0.2) is 76.9 Å². The topological polar surface area (TPSA) is 61.6 Å². The van der Waals surface area contributed by atoms with Gasteiger partial charge in [-0.15, -0.1) is 34.2 Å². The number of nitrogens with one attached hydrogen (secondary N) is 1. The summed E-state index contributed by atoms with van der Waals surface area (Å²) in [7, 11) is 0. The van der Waals surface area contributed by atoms with Crippen LogP contribution >= 0.6 is 35.7 Å². The zero-order chi connectivity index (χ0) is 20.3. The number of rotatable bonds is 9. The van der Waals surface area contributed by atoms with Gasteiger partial charge in [0.05, 0.1) is 0 Å². The lowest BCUT2D eigenvalue weighted by molar-refractivity contribution is 0.370. The highest BCUT2D eigenvalue weighted by atomic mass is 127. The smallest absolute Gasteiger partial charge is 0.194 e. The third-order valence-corrected chi connectivity index (χ3v) is 5.81. The van der Waals surface area contributed by atoms with Crippen molar-refractivity contribution in [3.05, 3.63) is 42.5 Å². The summed E-state index contributed by atoms with van der Waals surface area (Å²) < 4.78 is 2.12. The molecular weight excluding hydrogens is 509 g/mol. The van der Waals surface area contributed by atoms with E-state index in [9.17, 15) is 0 Å². The zero-order valence-corrected chi connectivity index (χ0v) is 21.2. The van der Waals surface area contributed by atoms with E-state index in [-0.39, 0.29) is 24.0 Å². The van der Waals surface area contributed by atoms with Gasteiger partial charge in [0, 0.05) is 57.9 Å². The number of hydrogen-bond acceptors (Lipinski definition) is 5. The van der Waals surface area contributed by atoms with E-state index in [1.807, 2.05) is 18.1 Å². The third-order valence-electron chi connectivity index (χ3n) is 5.12. The first-order chi connectivity index (χ1) is 14.3. The number of anilines is 1. The molecule has 1 fully saturated rings. The third kappa shape index (κ3) is 7.33. The highest BCUT2D eigenvalue weighted by molar-refractivity contribution is 14.0.